The van der Waals surface area contributed by atoms with E-state index >= 15 is 0 Å². The second-order valence-corrected chi connectivity index (χ2v) is 6.33. The van der Waals surface area contributed by atoms with Crippen LogP contribution in [0.4, 0.5) is 5.13 Å². The fourth-order valence-corrected chi connectivity index (χ4v) is 3.36. The van der Waals surface area contributed by atoms with E-state index in [0.29, 0.717) is 12.0 Å². The standard InChI is InChI=1S/C14H27N3OS/c1-10(2)13-12(9-15-5)19-14(16-13)17(11(3)4)7-8-18-6/h10-11,15H,7-9H2,1-6H3. The molecule has 0 aliphatic rings. The number of nitrogens with zero attached hydrogens (tertiary/aromatic N) is 2. The number of anilines is 1. The first-order chi connectivity index (χ1) is 9.01. The molecule has 0 spiro atoms. The van der Waals surface area contributed by atoms with Crippen LogP contribution >= 0.6 is 11.3 Å². The van der Waals surface area contributed by atoms with Crippen LogP contribution in [0.1, 0.15) is 44.2 Å². The summed E-state index contributed by atoms with van der Waals surface area (Å²) in [6, 6.07) is 0.434. The molecular formula is C14H27N3OS. The Bertz CT molecular complexity index is 377. The topological polar surface area (TPSA) is 37.4 Å². The van der Waals surface area contributed by atoms with Gasteiger partial charge in [0, 0.05) is 31.1 Å². The van der Waals surface area contributed by atoms with Gasteiger partial charge in [0.2, 0.25) is 0 Å². The van der Waals surface area contributed by atoms with Gasteiger partial charge in [0.15, 0.2) is 5.13 Å². The van der Waals surface area contributed by atoms with E-state index in [1.54, 1.807) is 18.4 Å². The predicted octanol–water partition coefficient (Wildman–Crippen LogP) is 2.85. The first-order valence-electron chi connectivity index (χ1n) is 6.91. The zero-order chi connectivity index (χ0) is 14.4. The van der Waals surface area contributed by atoms with Crippen LogP contribution in [0.15, 0.2) is 0 Å². The molecule has 0 amide bonds. The van der Waals surface area contributed by atoms with Gasteiger partial charge in [0.05, 0.1) is 12.3 Å². The summed E-state index contributed by atoms with van der Waals surface area (Å²) in [4.78, 5) is 8.51. The van der Waals surface area contributed by atoms with Gasteiger partial charge in [0.25, 0.3) is 0 Å². The normalized spacial score (nSPS) is 11.6. The van der Waals surface area contributed by atoms with E-state index in [1.165, 1.54) is 10.6 Å². The Kier molecular flexibility index (Phi) is 6.75. The van der Waals surface area contributed by atoms with Gasteiger partial charge in [-0.3, -0.25) is 0 Å². The van der Waals surface area contributed by atoms with Gasteiger partial charge in [-0.1, -0.05) is 13.8 Å². The summed E-state index contributed by atoms with van der Waals surface area (Å²) in [6.45, 7) is 11.3. The number of rotatable bonds is 8. The first kappa shape index (κ1) is 16.4. The number of methoxy groups -OCH3 is 1. The third-order valence-electron chi connectivity index (χ3n) is 3.01. The molecule has 0 fully saturated rings. The smallest absolute Gasteiger partial charge is 0.186 e. The Balaban J connectivity index is 2.99. The molecule has 0 radical (unpaired) electrons. The van der Waals surface area contributed by atoms with Gasteiger partial charge >= 0.3 is 0 Å². The first-order valence-corrected chi connectivity index (χ1v) is 7.72. The van der Waals surface area contributed by atoms with Crippen LogP contribution in [-0.2, 0) is 11.3 Å². The minimum absolute atomic E-state index is 0.434. The molecule has 1 N–H and O–H groups in total. The molecule has 0 saturated carbocycles. The van der Waals surface area contributed by atoms with Gasteiger partial charge in [-0.2, -0.15) is 0 Å². The molecule has 0 unspecified atom stereocenters. The minimum atomic E-state index is 0.434. The molecule has 0 atom stereocenters. The second kappa shape index (κ2) is 7.82. The van der Waals surface area contributed by atoms with Crippen molar-refractivity contribution in [2.75, 3.05) is 32.2 Å². The van der Waals surface area contributed by atoms with Crippen LogP contribution in [0.5, 0.6) is 0 Å². The average molecular weight is 285 g/mol. The van der Waals surface area contributed by atoms with Crippen molar-refractivity contribution >= 4 is 16.5 Å². The van der Waals surface area contributed by atoms with E-state index in [4.69, 9.17) is 9.72 Å². The molecule has 1 aromatic heterocycles. The summed E-state index contributed by atoms with van der Waals surface area (Å²) < 4.78 is 5.20. The molecule has 110 valence electrons. The molecule has 1 aromatic rings. The highest BCUT2D eigenvalue weighted by Crippen LogP contribution is 2.31. The highest BCUT2D eigenvalue weighted by Gasteiger charge is 2.19. The van der Waals surface area contributed by atoms with E-state index in [2.05, 4.69) is 37.9 Å². The molecule has 19 heavy (non-hydrogen) atoms. The summed E-state index contributed by atoms with van der Waals surface area (Å²) in [5.74, 6) is 0.463. The molecule has 5 heteroatoms. The number of aromatic nitrogens is 1. The summed E-state index contributed by atoms with van der Waals surface area (Å²) in [5, 5.41) is 4.34. The van der Waals surface area contributed by atoms with Gasteiger partial charge in [-0.05, 0) is 26.8 Å². The van der Waals surface area contributed by atoms with Crippen molar-refractivity contribution < 1.29 is 4.74 Å². The van der Waals surface area contributed by atoms with Crippen LogP contribution in [-0.4, -0.2) is 38.3 Å². The van der Waals surface area contributed by atoms with E-state index in [1.807, 2.05) is 7.05 Å². The fourth-order valence-electron chi connectivity index (χ4n) is 1.98. The van der Waals surface area contributed by atoms with Crippen LogP contribution in [0.2, 0.25) is 0 Å². The Labute approximate surface area is 121 Å². The van der Waals surface area contributed by atoms with Gasteiger partial charge in [0.1, 0.15) is 0 Å². The molecular weight excluding hydrogens is 258 g/mol. The number of ether oxygens (including phenoxy) is 1. The lowest BCUT2D eigenvalue weighted by Crippen LogP contribution is -2.33. The summed E-state index contributed by atoms with van der Waals surface area (Å²) >= 11 is 1.80. The Morgan fingerprint density at radius 2 is 2.00 bits per heavy atom. The lowest BCUT2D eigenvalue weighted by Gasteiger charge is -2.25. The minimum Gasteiger partial charge on any atom is -0.383 e. The SMILES string of the molecule is CNCc1sc(N(CCOC)C(C)C)nc1C(C)C. The van der Waals surface area contributed by atoms with Crippen LogP contribution < -0.4 is 10.2 Å². The van der Waals surface area contributed by atoms with Crippen molar-refractivity contribution in [2.45, 2.75) is 46.2 Å². The Morgan fingerprint density at radius 3 is 2.47 bits per heavy atom. The molecule has 1 rings (SSSR count). The maximum absolute atomic E-state index is 5.20. The van der Waals surface area contributed by atoms with Crippen molar-refractivity contribution in [3.05, 3.63) is 10.6 Å². The quantitative estimate of drug-likeness (QED) is 0.797. The molecule has 0 saturated heterocycles. The lowest BCUT2D eigenvalue weighted by atomic mass is 10.1. The lowest BCUT2D eigenvalue weighted by molar-refractivity contribution is 0.204. The summed E-state index contributed by atoms with van der Waals surface area (Å²) in [5.41, 5.74) is 1.22. The van der Waals surface area contributed by atoms with E-state index < -0.39 is 0 Å². The highest BCUT2D eigenvalue weighted by atomic mass is 32.1. The molecule has 0 bridgehead atoms. The fraction of sp³-hybridized carbons (Fsp3) is 0.786. The largest absolute Gasteiger partial charge is 0.383 e. The molecule has 1 heterocycles. The number of hydrogen-bond acceptors (Lipinski definition) is 5. The van der Waals surface area contributed by atoms with Gasteiger partial charge in [-0.25, -0.2) is 4.98 Å². The van der Waals surface area contributed by atoms with Crippen molar-refractivity contribution in [1.82, 2.24) is 10.3 Å². The number of hydrogen-bond donors (Lipinski definition) is 1. The molecule has 0 aromatic carbocycles. The van der Waals surface area contributed by atoms with Gasteiger partial charge < -0.3 is 15.0 Å². The van der Waals surface area contributed by atoms with Gasteiger partial charge in [-0.15, -0.1) is 11.3 Å². The average Bonchev–Trinajstić information content (AvgIpc) is 2.74. The van der Waals surface area contributed by atoms with Crippen molar-refractivity contribution in [1.29, 1.82) is 0 Å². The third kappa shape index (κ3) is 4.44. The molecule has 0 aliphatic carbocycles. The van der Waals surface area contributed by atoms with Crippen molar-refractivity contribution in [3.8, 4) is 0 Å². The Morgan fingerprint density at radius 1 is 1.32 bits per heavy atom. The Hall–Kier alpha value is -0.650. The maximum atomic E-state index is 5.20. The van der Waals surface area contributed by atoms with E-state index in [9.17, 15) is 0 Å². The van der Waals surface area contributed by atoms with Crippen LogP contribution in [0, 0.1) is 0 Å². The van der Waals surface area contributed by atoms with Crippen molar-refractivity contribution in [3.63, 3.8) is 0 Å². The van der Waals surface area contributed by atoms with Crippen molar-refractivity contribution in [2.24, 2.45) is 0 Å². The predicted molar refractivity (Wildman–Crippen MR) is 83.3 cm³/mol. The highest BCUT2D eigenvalue weighted by molar-refractivity contribution is 7.15. The zero-order valence-corrected chi connectivity index (χ0v) is 13.8. The third-order valence-corrected chi connectivity index (χ3v) is 4.11. The van der Waals surface area contributed by atoms with Crippen LogP contribution in [0.25, 0.3) is 0 Å². The number of nitrogens with one attached hydrogen (secondary N) is 1. The maximum Gasteiger partial charge on any atom is 0.186 e. The summed E-state index contributed by atoms with van der Waals surface area (Å²) in [7, 11) is 3.72. The molecule has 0 aliphatic heterocycles. The molecule has 4 nitrogen and oxygen atoms in total. The van der Waals surface area contributed by atoms with Crippen LogP contribution in [0.3, 0.4) is 0 Å². The monoisotopic (exact) mass is 285 g/mol. The number of thiazole rings is 1. The van der Waals surface area contributed by atoms with E-state index in [0.717, 1.165) is 24.8 Å². The summed E-state index contributed by atoms with van der Waals surface area (Å²) in [6.07, 6.45) is 0. The second-order valence-electron chi connectivity index (χ2n) is 5.27. The zero-order valence-electron chi connectivity index (χ0n) is 13.0. The van der Waals surface area contributed by atoms with E-state index in [-0.39, 0.29) is 0 Å².